The molecule has 0 atom stereocenters. The number of aromatic amines is 1. The Labute approximate surface area is 152 Å². The lowest BCUT2D eigenvalue weighted by Crippen LogP contribution is -2.50. The minimum Gasteiger partial charge on any atom is -0.335 e. The number of H-pyrrole nitrogens is 1. The van der Waals surface area contributed by atoms with Gasteiger partial charge in [0.15, 0.2) is 5.69 Å². The van der Waals surface area contributed by atoms with Crippen LogP contribution in [-0.4, -0.2) is 64.5 Å². The van der Waals surface area contributed by atoms with Gasteiger partial charge in [-0.15, -0.1) is 0 Å². The second kappa shape index (κ2) is 6.92. The maximum Gasteiger partial charge on any atom is 0.274 e. The van der Waals surface area contributed by atoms with Crippen molar-refractivity contribution in [2.45, 2.75) is 19.9 Å². The first-order valence-corrected chi connectivity index (χ1v) is 9.05. The number of hydrogen-bond donors (Lipinski definition) is 2. The maximum atomic E-state index is 12.8. The summed E-state index contributed by atoms with van der Waals surface area (Å²) in [5, 5.41) is 10.5. The molecule has 0 radical (unpaired) electrons. The first-order valence-electron chi connectivity index (χ1n) is 9.05. The molecule has 136 valence electrons. The molecule has 2 aliphatic rings. The van der Waals surface area contributed by atoms with Gasteiger partial charge < -0.3 is 15.1 Å². The van der Waals surface area contributed by atoms with Crippen molar-refractivity contribution in [2.75, 3.05) is 32.7 Å². The van der Waals surface area contributed by atoms with E-state index < -0.39 is 0 Å². The van der Waals surface area contributed by atoms with E-state index in [1.165, 1.54) is 0 Å². The second-order valence-corrected chi connectivity index (χ2v) is 6.91. The zero-order valence-corrected chi connectivity index (χ0v) is 14.9. The Bertz CT molecular complexity index is 819. The summed E-state index contributed by atoms with van der Waals surface area (Å²) in [6.45, 7) is 5.74. The van der Waals surface area contributed by atoms with Gasteiger partial charge in [-0.05, 0) is 19.1 Å². The molecule has 7 nitrogen and oxygen atoms in total. The number of aryl methyl sites for hydroxylation is 1. The zero-order chi connectivity index (χ0) is 18.1. The number of piperazine rings is 1. The fourth-order valence-corrected chi connectivity index (χ4v) is 3.54. The lowest BCUT2D eigenvalue weighted by Gasteiger charge is -2.34. The summed E-state index contributed by atoms with van der Waals surface area (Å²) in [6, 6.07) is 7.61. The number of carbonyl (C=O) groups excluding carboxylic acids is 2. The van der Waals surface area contributed by atoms with Gasteiger partial charge in [0.25, 0.3) is 11.8 Å². The first kappa shape index (κ1) is 16.8. The fourth-order valence-electron chi connectivity index (χ4n) is 3.54. The Hall–Kier alpha value is -2.67. The van der Waals surface area contributed by atoms with Crippen LogP contribution in [-0.2, 0) is 13.0 Å². The fraction of sp³-hybridized carbons (Fsp3) is 0.421. The number of benzene rings is 1. The molecule has 2 aromatic rings. The highest BCUT2D eigenvalue weighted by Crippen LogP contribution is 2.18. The molecule has 2 amide bonds. The molecule has 4 rings (SSSR count). The Morgan fingerprint density at radius 2 is 1.65 bits per heavy atom. The van der Waals surface area contributed by atoms with Gasteiger partial charge in [0.1, 0.15) is 0 Å². The Kier molecular flexibility index (Phi) is 4.46. The van der Waals surface area contributed by atoms with E-state index in [1.807, 2.05) is 36.1 Å². The number of rotatable bonds is 2. The summed E-state index contributed by atoms with van der Waals surface area (Å²) >= 11 is 0. The quantitative estimate of drug-likeness (QED) is 0.843. The predicted octanol–water partition coefficient (Wildman–Crippen LogP) is 0.962. The van der Waals surface area contributed by atoms with Crippen molar-refractivity contribution in [3.63, 3.8) is 0 Å². The molecule has 26 heavy (non-hydrogen) atoms. The molecule has 0 bridgehead atoms. The molecule has 1 saturated heterocycles. The zero-order valence-electron chi connectivity index (χ0n) is 14.9. The van der Waals surface area contributed by atoms with Crippen LogP contribution in [0.2, 0.25) is 0 Å². The molecule has 2 aliphatic heterocycles. The van der Waals surface area contributed by atoms with E-state index >= 15 is 0 Å². The minimum absolute atomic E-state index is 0.0263. The molecule has 7 heteroatoms. The molecule has 2 N–H and O–H groups in total. The Morgan fingerprint density at radius 3 is 2.35 bits per heavy atom. The van der Waals surface area contributed by atoms with Crippen LogP contribution in [0, 0.1) is 6.92 Å². The lowest BCUT2D eigenvalue weighted by atomic mass is 10.1. The third-order valence-electron chi connectivity index (χ3n) is 5.16. The van der Waals surface area contributed by atoms with E-state index in [2.05, 4.69) is 15.5 Å². The van der Waals surface area contributed by atoms with Crippen molar-refractivity contribution >= 4 is 11.8 Å². The van der Waals surface area contributed by atoms with Gasteiger partial charge in [0.2, 0.25) is 0 Å². The van der Waals surface area contributed by atoms with Crippen molar-refractivity contribution in [1.82, 2.24) is 25.3 Å². The predicted molar refractivity (Wildman–Crippen MR) is 97.0 cm³/mol. The number of nitrogens with one attached hydrogen (secondary N) is 2. The minimum atomic E-state index is -0.0476. The molecule has 1 fully saturated rings. The van der Waals surface area contributed by atoms with E-state index in [1.54, 1.807) is 4.90 Å². The largest absolute Gasteiger partial charge is 0.335 e. The van der Waals surface area contributed by atoms with E-state index in [9.17, 15) is 9.59 Å². The van der Waals surface area contributed by atoms with Crippen molar-refractivity contribution in [3.8, 4) is 0 Å². The number of carbonyl (C=O) groups is 2. The SMILES string of the molecule is Cc1ccc(C(=O)N2CCN(C(=O)c3n[nH]c4c3CNCC4)CC2)cc1. The lowest BCUT2D eigenvalue weighted by molar-refractivity contribution is 0.0531. The van der Waals surface area contributed by atoms with Crippen molar-refractivity contribution in [2.24, 2.45) is 0 Å². The van der Waals surface area contributed by atoms with Crippen LogP contribution >= 0.6 is 0 Å². The number of hydrogen-bond acceptors (Lipinski definition) is 4. The highest BCUT2D eigenvalue weighted by molar-refractivity contribution is 5.96. The summed E-state index contributed by atoms with van der Waals surface area (Å²) < 4.78 is 0. The van der Waals surface area contributed by atoms with Crippen LogP contribution in [0.25, 0.3) is 0 Å². The van der Waals surface area contributed by atoms with Gasteiger partial charge in [-0.25, -0.2) is 0 Å². The van der Waals surface area contributed by atoms with Crippen LogP contribution < -0.4 is 5.32 Å². The van der Waals surface area contributed by atoms with Crippen molar-refractivity contribution in [1.29, 1.82) is 0 Å². The topological polar surface area (TPSA) is 81.3 Å². The third-order valence-corrected chi connectivity index (χ3v) is 5.16. The van der Waals surface area contributed by atoms with Crippen LogP contribution in [0.4, 0.5) is 0 Å². The third kappa shape index (κ3) is 3.10. The monoisotopic (exact) mass is 353 g/mol. The molecular formula is C19H23N5O2. The summed E-state index contributed by atoms with van der Waals surface area (Å²) in [7, 11) is 0. The Balaban J connectivity index is 1.40. The molecule has 0 aliphatic carbocycles. The van der Waals surface area contributed by atoms with Gasteiger partial charge in [-0.1, -0.05) is 17.7 Å². The van der Waals surface area contributed by atoms with Gasteiger partial charge in [-0.2, -0.15) is 5.10 Å². The van der Waals surface area contributed by atoms with Crippen LogP contribution in [0.15, 0.2) is 24.3 Å². The number of nitrogens with zero attached hydrogens (tertiary/aromatic N) is 3. The molecule has 1 aromatic heterocycles. The number of amides is 2. The normalized spacial score (nSPS) is 17.1. The van der Waals surface area contributed by atoms with Crippen molar-refractivity contribution < 1.29 is 9.59 Å². The molecular weight excluding hydrogens is 330 g/mol. The van der Waals surface area contributed by atoms with Crippen LogP contribution in [0.3, 0.4) is 0 Å². The van der Waals surface area contributed by atoms with Crippen LogP contribution in [0.5, 0.6) is 0 Å². The number of fused-ring (bicyclic) bond motifs is 1. The summed E-state index contributed by atoms with van der Waals surface area (Å²) in [5.41, 5.74) is 4.39. The smallest absolute Gasteiger partial charge is 0.274 e. The van der Waals surface area contributed by atoms with Gasteiger partial charge in [0, 0.05) is 62.5 Å². The average molecular weight is 353 g/mol. The maximum absolute atomic E-state index is 12.8. The van der Waals surface area contributed by atoms with Gasteiger partial charge in [0.05, 0.1) is 0 Å². The van der Waals surface area contributed by atoms with E-state index in [-0.39, 0.29) is 11.8 Å². The first-order chi connectivity index (χ1) is 12.6. The molecule has 0 saturated carbocycles. The molecule has 0 unspecified atom stereocenters. The average Bonchev–Trinajstić information content (AvgIpc) is 3.12. The van der Waals surface area contributed by atoms with E-state index in [0.717, 1.165) is 29.8 Å². The molecule has 1 aromatic carbocycles. The second-order valence-electron chi connectivity index (χ2n) is 6.91. The summed E-state index contributed by atoms with van der Waals surface area (Å²) in [6.07, 6.45) is 0.869. The van der Waals surface area contributed by atoms with Crippen LogP contribution in [0.1, 0.15) is 37.7 Å². The van der Waals surface area contributed by atoms with Gasteiger partial charge in [-0.3, -0.25) is 14.7 Å². The van der Waals surface area contributed by atoms with E-state index in [4.69, 9.17) is 0 Å². The Morgan fingerprint density at radius 1 is 1.00 bits per heavy atom. The summed E-state index contributed by atoms with van der Waals surface area (Å²) in [5.74, 6) is -0.0212. The number of aromatic nitrogens is 2. The van der Waals surface area contributed by atoms with Crippen molar-refractivity contribution in [3.05, 3.63) is 52.3 Å². The summed E-state index contributed by atoms with van der Waals surface area (Å²) in [4.78, 5) is 29.0. The van der Waals surface area contributed by atoms with Gasteiger partial charge >= 0.3 is 0 Å². The van der Waals surface area contributed by atoms with E-state index in [0.29, 0.717) is 44.0 Å². The highest BCUT2D eigenvalue weighted by atomic mass is 16.2. The standard InChI is InChI=1S/C19H23N5O2/c1-13-2-4-14(5-3-13)18(25)23-8-10-24(11-9-23)19(26)17-15-12-20-7-6-16(15)21-22-17/h2-5,20H,6-12H2,1H3,(H,21,22). The highest BCUT2D eigenvalue weighted by Gasteiger charge is 2.29. The molecule has 3 heterocycles. The molecule has 0 spiro atoms.